The molecule has 26 heavy (non-hydrogen) atoms. The molecule has 0 aliphatic carbocycles. The molecule has 0 fully saturated rings. The summed E-state index contributed by atoms with van der Waals surface area (Å²) in [5.74, 6) is -0.680. The van der Waals surface area contributed by atoms with Crippen molar-refractivity contribution in [2.24, 2.45) is 5.41 Å². The molecule has 0 saturated carbocycles. The fourth-order valence-electron chi connectivity index (χ4n) is 2.06. The van der Waals surface area contributed by atoms with Gasteiger partial charge in [-0.25, -0.2) is 9.37 Å². The van der Waals surface area contributed by atoms with Gasteiger partial charge in [-0.2, -0.15) is 4.98 Å². The second-order valence-corrected chi connectivity index (χ2v) is 9.78. The molecule has 0 aliphatic rings. The van der Waals surface area contributed by atoms with Crippen molar-refractivity contribution in [1.82, 2.24) is 9.97 Å². The Labute approximate surface area is 160 Å². The third-order valence-electron chi connectivity index (χ3n) is 3.04. The number of nitrogens with zero attached hydrogens (tertiary/aromatic N) is 2. The van der Waals surface area contributed by atoms with Gasteiger partial charge in [0.1, 0.15) is 0 Å². The number of allylic oxidation sites excluding steroid dienone is 2. The van der Waals surface area contributed by atoms with Gasteiger partial charge < -0.3 is 14.4 Å². The van der Waals surface area contributed by atoms with Crippen LogP contribution >= 0.6 is 19.2 Å². The highest BCUT2D eigenvalue weighted by molar-refractivity contribution is 7.54. The summed E-state index contributed by atoms with van der Waals surface area (Å²) in [5, 5.41) is 2.86. The van der Waals surface area contributed by atoms with Crippen LogP contribution in [0.15, 0.2) is 18.0 Å². The van der Waals surface area contributed by atoms with Gasteiger partial charge in [-0.1, -0.05) is 26.8 Å². The molecule has 1 N–H and O–H groups in total. The lowest BCUT2D eigenvalue weighted by Crippen LogP contribution is -2.19. The average Bonchev–Trinajstić information content (AvgIpc) is 2.43. The molecule has 1 aromatic heterocycles. The molecule has 0 spiro atoms. The molecular weight excluding hydrogens is 380 g/mol. The van der Waals surface area contributed by atoms with Crippen LogP contribution in [0, 0.1) is 11.2 Å². The lowest BCUT2D eigenvalue weighted by Gasteiger charge is -2.26. The molecule has 6 nitrogen and oxygen atoms in total. The molecule has 0 atom stereocenters. The number of aromatic nitrogens is 2. The van der Waals surface area contributed by atoms with Gasteiger partial charge in [-0.3, -0.25) is 4.57 Å². The van der Waals surface area contributed by atoms with Crippen LogP contribution in [0.1, 0.15) is 48.5 Å². The first-order valence-corrected chi connectivity index (χ1v) is 10.5. The third-order valence-corrected chi connectivity index (χ3v) is 5.34. The van der Waals surface area contributed by atoms with Crippen LogP contribution in [-0.4, -0.2) is 28.3 Å². The van der Waals surface area contributed by atoms with E-state index in [0.29, 0.717) is 5.70 Å². The van der Waals surface area contributed by atoms with E-state index in [4.69, 9.17) is 20.6 Å². The predicted octanol–water partition coefficient (Wildman–Crippen LogP) is 5.65. The summed E-state index contributed by atoms with van der Waals surface area (Å²) in [5.41, 5.74) is 0.218. The van der Waals surface area contributed by atoms with E-state index < -0.39 is 18.8 Å². The summed E-state index contributed by atoms with van der Waals surface area (Å²) in [6, 6.07) is 0. The molecule has 148 valence electrons. The largest absolute Gasteiger partial charge is 0.341 e. The fraction of sp³-hybridized carbons (Fsp3) is 0.647. The van der Waals surface area contributed by atoms with Crippen LogP contribution in [0.25, 0.3) is 0 Å². The van der Waals surface area contributed by atoms with E-state index in [-0.39, 0.29) is 29.5 Å². The quantitative estimate of drug-likeness (QED) is 0.443. The standard InChI is InChI=1S/C17H28ClFN3O3P/c1-11(2)24-26(23,25-12(3)4)9-8-14(17(5,6)7)21-15-13(19)10-20-16(18)22-15/h8,10-12H,9H2,1-7H3,(H,20,21,22)/b14-8-. The summed E-state index contributed by atoms with van der Waals surface area (Å²) in [7, 11) is -3.35. The van der Waals surface area contributed by atoms with Crippen molar-refractivity contribution in [2.75, 3.05) is 11.5 Å². The molecule has 1 aromatic rings. The van der Waals surface area contributed by atoms with Crippen LogP contribution in [0.4, 0.5) is 10.2 Å². The van der Waals surface area contributed by atoms with Gasteiger partial charge in [0, 0.05) is 11.1 Å². The Morgan fingerprint density at radius 1 is 1.31 bits per heavy atom. The molecule has 0 radical (unpaired) electrons. The second-order valence-electron chi connectivity index (χ2n) is 7.43. The van der Waals surface area contributed by atoms with Crippen molar-refractivity contribution in [3.8, 4) is 0 Å². The van der Waals surface area contributed by atoms with E-state index in [9.17, 15) is 8.96 Å². The zero-order valence-corrected chi connectivity index (χ0v) is 18.0. The lowest BCUT2D eigenvalue weighted by atomic mass is 9.91. The molecular formula is C17H28ClFN3O3P. The van der Waals surface area contributed by atoms with Gasteiger partial charge in [0.2, 0.25) is 5.28 Å². The van der Waals surface area contributed by atoms with E-state index >= 15 is 0 Å². The molecule has 1 heterocycles. The number of halogens is 2. The van der Waals surface area contributed by atoms with Gasteiger partial charge in [-0.05, 0) is 39.3 Å². The Bertz CT molecular complexity index is 676. The number of nitrogens with one attached hydrogen (secondary N) is 1. The second kappa shape index (κ2) is 9.27. The fourth-order valence-corrected chi connectivity index (χ4v) is 4.11. The average molecular weight is 408 g/mol. The number of hydrogen-bond donors (Lipinski definition) is 1. The molecule has 1 rings (SSSR count). The number of rotatable bonds is 8. The maximum Gasteiger partial charge on any atom is 0.334 e. The summed E-state index contributed by atoms with van der Waals surface area (Å²) >= 11 is 5.75. The van der Waals surface area contributed by atoms with Gasteiger partial charge in [0.25, 0.3) is 0 Å². The first-order chi connectivity index (χ1) is 11.8. The van der Waals surface area contributed by atoms with Crippen molar-refractivity contribution in [2.45, 2.75) is 60.7 Å². The number of anilines is 1. The van der Waals surface area contributed by atoms with Gasteiger partial charge in [0.05, 0.1) is 24.6 Å². The molecule has 9 heteroatoms. The topological polar surface area (TPSA) is 73.3 Å². The van der Waals surface area contributed by atoms with Crippen LogP contribution in [0.3, 0.4) is 0 Å². The number of hydrogen-bond acceptors (Lipinski definition) is 6. The minimum absolute atomic E-state index is 0.0450. The van der Waals surface area contributed by atoms with E-state index in [1.165, 1.54) is 0 Å². The highest BCUT2D eigenvalue weighted by atomic mass is 35.5. The first kappa shape index (κ1) is 23.0. The molecule has 0 aromatic carbocycles. The summed E-state index contributed by atoms with van der Waals surface area (Å²) < 4.78 is 38.1. The molecule has 0 saturated heterocycles. The highest BCUT2D eigenvalue weighted by Gasteiger charge is 2.28. The highest BCUT2D eigenvalue weighted by Crippen LogP contribution is 2.51. The minimum atomic E-state index is -3.35. The van der Waals surface area contributed by atoms with E-state index in [1.54, 1.807) is 33.8 Å². The molecule has 0 aliphatic heterocycles. The SMILES string of the molecule is CC(C)OP(=O)(C/C=C(\Nc1nc(Cl)ncc1F)C(C)(C)C)OC(C)C. The van der Waals surface area contributed by atoms with E-state index in [1.807, 2.05) is 20.8 Å². The molecule has 0 amide bonds. The third kappa shape index (κ3) is 7.70. The van der Waals surface area contributed by atoms with Crippen LogP contribution < -0.4 is 5.32 Å². The van der Waals surface area contributed by atoms with Crippen molar-refractivity contribution in [1.29, 1.82) is 0 Å². The lowest BCUT2D eigenvalue weighted by molar-refractivity contribution is 0.144. The van der Waals surface area contributed by atoms with Gasteiger partial charge in [0.15, 0.2) is 11.6 Å². The Hall–Kier alpha value is -1.01. The van der Waals surface area contributed by atoms with Crippen molar-refractivity contribution in [3.05, 3.63) is 29.1 Å². The minimum Gasteiger partial charge on any atom is -0.341 e. The van der Waals surface area contributed by atoms with Crippen LogP contribution in [0.5, 0.6) is 0 Å². The Kier molecular flexibility index (Phi) is 8.21. The van der Waals surface area contributed by atoms with Crippen molar-refractivity contribution >= 4 is 25.0 Å². The van der Waals surface area contributed by atoms with Crippen molar-refractivity contribution in [3.63, 3.8) is 0 Å². The normalized spacial score (nSPS) is 13.6. The smallest absolute Gasteiger partial charge is 0.334 e. The zero-order chi connectivity index (χ0) is 20.1. The summed E-state index contributed by atoms with van der Waals surface area (Å²) in [6.07, 6.45) is 2.23. The van der Waals surface area contributed by atoms with E-state index in [2.05, 4.69) is 15.3 Å². The maximum absolute atomic E-state index is 14.0. The summed E-state index contributed by atoms with van der Waals surface area (Å²) in [4.78, 5) is 7.46. The van der Waals surface area contributed by atoms with Crippen LogP contribution in [-0.2, 0) is 13.6 Å². The Balaban J connectivity index is 3.15. The van der Waals surface area contributed by atoms with Gasteiger partial charge >= 0.3 is 7.60 Å². The monoisotopic (exact) mass is 407 g/mol. The predicted molar refractivity (Wildman–Crippen MR) is 103 cm³/mol. The van der Waals surface area contributed by atoms with Crippen LogP contribution in [0.2, 0.25) is 5.28 Å². The van der Waals surface area contributed by atoms with Crippen molar-refractivity contribution < 1.29 is 18.0 Å². The first-order valence-electron chi connectivity index (χ1n) is 8.44. The molecule has 0 bridgehead atoms. The maximum atomic E-state index is 14.0. The zero-order valence-electron chi connectivity index (χ0n) is 16.3. The Morgan fingerprint density at radius 2 is 1.85 bits per heavy atom. The van der Waals surface area contributed by atoms with Gasteiger partial charge in [-0.15, -0.1) is 0 Å². The molecule has 0 unspecified atom stereocenters. The van der Waals surface area contributed by atoms with E-state index in [0.717, 1.165) is 6.20 Å². The summed E-state index contributed by atoms with van der Waals surface area (Å²) in [6.45, 7) is 13.0. The Morgan fingerprint density at radius 3 is 2.31 bits per heavy atom.